The lowest BCUT2D eigenvalue weighted by atomic mass is 9.95. The molecule has 0 aliphatic heterocycles. The van der Waals surface area contributed by atoms with E-state index in [0.29, 0.717) is 12.4 Å². The molecule has 0 fully saturated rings. The zero-order valence-electron chi connectivity index (χ0n) is 9.70. The molecule has 0 aliphatic carbocycles. The third-order valence-electron chi connectivity index (χ3n) is 2.23. The summed E-state index contributed by atoms with van der Waals surface area (Å²) in [5.74, 6) is 0.697. The number of ether oxygens (including phenoxy) is 2. The van der Waals surface area contributed by atoms with Gasteiger partial charge in [-0.15, -0.1) is 0 Å². The van der Waals surface area contributed by atoms with E-state index in [1.165, 1.54) is 0 Å². The molecule has 0 saturated heterocycles. The number of methoxy groups -OCH3 is 2. The van der Waals surface area contributed by atoms with Crippen molar-refractivity contribution in [2.75, 3.05) is 14.2 Å². The fraction of sp³-hybridized carbons (Fsp3) is 0.500. The summed E-state index contributed by atoms with van der Waals surface area (Å²) in [6.07, 6.45) is 0. The Hall–Kier alpha value is -1.06. The van der Waals surface area contributed by atoms with Gasteiger partial charge < -0.3 is 14.6 Å². The molecule has 0 atom stereocenters. The van der Waals surface area contributed by atoms with Gasteiger partial charge in [0.1, 0.15) is 5.75 Å². The molecule has 3 nitrogen and oxygen atoms in total. The first kappa shape index (κ1) is 12.0. The highest BCUT2D eigenvalue weighted by atomic mass is 16.5. The van der Waals surface area contributed by atoms with Gasteiger partial charge in [-0.25, -0.2) is 0 Å². The summed E-state index contributed by atoms with van der Waals surface area (Å²) in [6, 6.07) is 5.68. The Kier molecular flexibility index (Phi) is 3.72. The van der Waals surface area contributed by atoms with E-state index >= 15 is 0 Å². The van der Waals surface area contributed by atoms with Gasteiger partial charge in [-0.05, 0) is 31.5 Å². The number of benzene rings is 1. The highest BCUT2D eigenvalue weighted by Crippen LogP contribution is 2.30. The molecule has 0 heterocycles. The van der Waals surface area contributed by atoms with Crippen LogP contribution in [0.1, 0.15) is 25.0 Å². The minimum atomic E-state index is -0.908. The van der Waals surface area contributed by atoms with Gasteiger partial charge >= 0.3 is 0 Å². The lowest BCUT2D eigenvalue weighted by molar-refractivity contribution is 0.0753. The Balaban J connectivity index is 3.13. The quantitative estimate of drug-likeness (QED) is 0.826. The van der Waals surface area contributed by atoms with Crippen LogP contribution in [0.15, 0.2) is 18.2 Å². The van der Waals surface area contributed by atoms with Crippen LogP contribution in [0.2, 0.25) is 0 Å². The summed E-state index contributed by atoms with van der Waals surface area (Å²) in [5.41, 5.74) is 0.893. The first-order valence-corrected chi connectivity index (χ1v) is 4.87. The van der Waals surface area contributed by atoms with Crippen LogP contribution in [0.4, 0.5) is 0 Å². The molecule has 0 aliphatic rings. The van der Waals surface area contributed by atoms with E-state index < -0.39 is 5.60 Å². The molecule has 1 aromatic rings. The van der Waals surface area contributed by atoms with Gasteiger partial charge in [0.25, 0.3) is 0 Å². The average molecular weight is 210 g/mol. The molecule has 1 rings (SSSR count). The largest absolute Gasteiger partial charge is 0.496 e. The fourth-order valence-corrected chi connectivity index (χ4v) is 1.49. The Labute approximate surface area is 90.6 Å². The summed E-state index contributed by atoms with van der Waals surface area (Å²) in [6.45, 7) is 4.01. The van der Waals surface area contributed by atoms with Crippen LogP contribution in [0.25, 0.3) is 0 Å². The van der Waals surface area contributed by atoms with Crippen molar-refractivity contribution in [3.63, 3.8) is 0 Å². The molecule has 0 saturated carbocycles. The van der Waals surface area contributed by atoms with Crippen LogP contribution in [-0.4, -0.2) is 19.3 Å². The van der Waals surface area contributed by atoms with Crippen LogP contribution < -0.4 is 4.74 Å². The molecule has 84 valence electrons. The van der Waals surface area contributed by atoms with Gasteiger partial charge in [0, 0.05) is 12.7 Å². The van der Waals surface area contributed by atoms with Crippen molar-refractivity contribution in [1.29, 1.82) is 0 Å². The Morgan fingerprint density at radius 3 is 2.40 bits per heavy atom. The zero-order chi connectivity index (χ0) is 11.5. The average Bonchev–Trinajstić information content (AvgIpc) is 2.17. The van der Waals surface area contributed by atoms with Gasteiger partial charge in [0.05, 0.1) is 19.3 Å². The Bertz CT molecular complexity index is 326. The summed E-state index contributed by atoms with van der Waals surface area (Å²) >= 11 is 0. The highest BCUT2D eigenvalue weighted by molar-refractivity contribution is 5.40. The minimum absolute atomic E-state index is 0.535. The highest BCUT2D eigenvalue weighted by Gasteiger charge is 2.21. The SMILES string of the molecule is COCc1ccc(OC)c(C(C)(C)O)c1. The molecule has 0 bridgehead atoms. The van der Waals surface area contributed by atoms with Crippen LogP contribution in [0.3, 0.4) is 0 Å². The van der Waals surface area contributed by atoms with Gasteiger partial charge in [-0.2, -0.15) is 0 Å². The molecule has 0 spiro atoms. The molecule has 1 aromatic carbocycles. The van der Waals surface area contributed by atoms with Crippen LogP contribution >= 0.6 is 0 Å². The van der Waals surface area contributed by atoms with Gasteiger partial charge in [-0.1, -0.05) is 6.07 Å². The molecular formula is C12H18O3. The van der Waals surface area contributed by atoms with Crippen molar-refractivity contribution < 1.29 is 14.6 Å². The molecule has 15 heavy (non-hydrogen) atoms. The molecule has 0 radical (unpaired) electrons. The van der Waals surface area contributed by atoms with Crippen molar-refractivity contribution in [3.8, 4) is 5.75 Å². The monoisotopic (exact) mass is 210 g/mol. The van der Waals surface area contributed by atoms with E-state index in [4.69, 9.17) is 9.47 Å². The summed E-state index contributed by atoms with van der Waals surface area (Å²) in [5, 5.41) is 9.97. The third-order valence-corrected chi connectivity index (χ3v) is 2.23. The smallest absolute Gasteiger partial charge is 0.124 e. The molecular weight excluding hydrogens is 192 g/mol. The second-order valence-corrected chi connectivity index (χ2v) is 4.03. The van der Waals surface area contributed by atoms with E-state index in [9.17, 15) is 5.11 Å². The van der Waals surface area contributed by atoms with Crippen molar-refractivity contribution in [2.45, 2.75) is 26.1 Å². The summed E-state index contributed by atoms with van der Waals surface area (Å²) < 4.78 is 10.3. The molecule has 0 amide bonds. The third kappa shape index (κ3) is 2.94. The second-order valence-electron chi connectivity index (χ2n) is 4.03. The Morgan fingerprint density at radius 1 is 1.27 bits per heavy atom. The topological polar surface area (TPSA) is 38.7 Å². The van der Waals surface area contributed by atoms with E-state index in [0.717, 1.165) is 11.1 Å². The first-order chi connectivity index (χ1) is 6.99. The number of hydrogen-bond acceptors (Lipinski definition) is 3. The van der Waals surface area contributed by atoms with Gasteiger partial charge in [0.15, 0.2) is 0 Å². The second kappa shape index (κ2) is 4.64. The zero-order valence-corrected chi connectivity index (χ0v) is 9.70. The van der Waals surface area contributed by atoms with E-state index in [1.807, 2.05) is 18.2 Å². The Morgan fingerprint density at radius 2 is 1.93 bits per heavy atom. The van der Waals surface area contributed by atoms with Gasteiger partial charge in [-0.3, -0.25) is 0 Å². The lowest BCUT2D eigenvalue weighted by Gasteiger charge is -2.21. The maximum atomic E-state index is 9.97. The fourth-order valence-electron chi connectivity index (χ4n) is 1.49. The predicted molar refractivity (Wildman–Crippen MR) is 59.0 cm³/mol. The maximum Gasteiger partial charge on any atom is 0.124 e. The number of rotatable bonds is 4. The van der Waals surface area contributed by atoms with E-state index in [1.54, 1.807) is 28.1 Å². The summed E-state index contributed by atoms with van der Waals surface area (Å²) in [4.78, 5) is 0. The standard InChI is InChI=1S/C12H18O3/c1-12(2,13)10-7-9(8-14-3)5-6-11(10)15-4/h5-7,13H,8H2,1-4H3. The minimum Gasteiger partial charge on any atom is -0.496 e. The number of aliphatic hydroxyl groups is 1. The van der Waals surface area contributed by atoms with Gasteiger partial charge in [0.2, 0.25) is 0 Å². The van der Waals surface area contributed by atoms with Crippen molar-refractivity contribution in [1.82, 2.24) is 0 Å². The molecule has 0 aromatic heterocycles. The predicted octanol–water partition coefficient (Wildman–Crippen LogP) is 2.07. The van der Waals surface area contributed by atoms with Crippen molar-refractivity contribution in [3.05, 3.63) is 29.3 Å². The lowest BCUT2D eigenvalue weighted by Crippen LogP contribution is -2.17. The van der Waals surface area contributed by atoms with E-state index in [-0.39, 0.29) is 0 Å². The maximum absolute atomic E-state index is 9.97. The van der Waals surface area contributed by atoms with E-state index in [2.05, 4.69) is 0 Å². The summed E-state index contributed by atoms with van der Waals surface area (Å²) in [7, 11) is 3.24. The van der Waals surface area contributed by atoms with Crippen LogP contribution in [0.5, 0.6) is 5.75 Å². The normalized spacial score (nSPS) is 11.5. The first-order valence-electron chi connectivity index (χ1n) is 4.87. The van der Waals surface area contributed by atoms with Crippen LogP contribution in [0, 0.1) is 0 Å². The molecule has 0 unspecified atom stereocenters. The molecule has 1 N–H and O–H groups in total. The van der Waals surface area contributed by atoms with Crippen molar-refractivity contribution in [2.24, 2.45) is 0 Å². The van der Waals surface area contributed by atoms with Crippen molar-refractivity contribution >= 4 is 0 Å². The van der Waals surface area contributed by atoms with Crippen LogP contribution in [-0.2, 0) is 16.9 Å². The molecule has 3 heteroatoms. The number of hydrogen-bond donors (Lipinski definition) is 1.